The first-order chi connectivity index (χ1) is 8.31. The number of nitrogens with zero attached hydrogens (tertiary/aromatic N) is 2. The maximum atomic E-state index is 4.36. The highest BCUT2D eigenvalue weighted by molar-refractivity contribution is 8.01. The lowest BCUT2D eigenvalue weighted by molar-refractivity contribution is 1.10. The van der Waals surface area contributed by atoms with Crippen LogP contribution < -0.4 is 0 Å². The van der Waals surface area contributed by atoms with Crippen LogP contribution in [0.15, 0.2) is 51.7 Å². The number of fused-ring (bicyclic) bond motifs is 1. The van der Waals surface area contributed by atoms with Crippen LogP contribution in [0.1, 0.15) is 5.82 Å². The molecule has 0 aliphatic carbocycles. The maximum absolute atomic E-state index is 4.36. The Morgan fingerprint density at radius 2 is 1.88 bits per heavy atom. The fourth-order valence-corrected chi connectivity index (χ4v) is 3.33. The van der Waals surface area contributed by atoms with Gasteiger partial charge in [0.2, 0.25) is 0 Å². The van der Waals surface area contributed by atoms with Crippen LogP contribution in [-0.4, -0.2) is 9.36 Å². The fraction of sp³-hybridized carbons (Fsp3) is 0.0769. The summed E-state index contributed by atoms with van der Waals surface area (Å²) >= 11 is 3.12. The summed E-state index contributed by atoms with van der Waals surface area (Å²) in [5.74, 6) is 0.846. The summed E-state index contributed by atoms with van der Waals surface area (Å²) in [6, 6.07) is 14.8. The van der Waals surface area contributed by atoms with Gasteiger partial charge in [-0.25, -0.2) is 4.98 Å². The van der Waals surface area contributed by atoms with Gasteiger partial charge in [-0.1, -0.05) is 42.1 Å². The van der Waals surface area contributed by atoms with Crippen LogP contribution in [0.25, 0.3) is 10.8 Å². The Morgan fingerprint density at radius 1 is 1.06 bits per heavy atom. The van der Waals surface area contributed by atoms with Gasteiger partial charge in [0.05, 0.1) is 0 Å². The lowest BCUT2D eigenvalue weighted by Gasteiger charge is -2.00. The smallest absolute Gasteiger partial charge is 0.174 e. The molecule has 0 atom stereocenters. The van der Waals surface area contributed by atoms with Crippen molar-refractivity contribution in [1.82, 2.24) is 9.36 Å². The van der Waals surface area contributed by atoms with Crippen molar-refractivity contribution >= 4 is 34.1 Å². The average Bonchev–Trinajstić information content (AvgIpc) is 2.75. The van der Waals surface area contributed by atoms with Crippen molar-refractivity contribution in [3.63, 3.8) is 0 Å². The van der Waals surface area contributed by atoms with Gasteiger partial charge < -0.3 is 0 Å². The molecule has 3 rings (SSSR count). The molecule has 4 heteroatoms. The molecule has 0 spiro atoms. The molecule has 17 heavy (non-hydrogen) atoms. The molecule has 0 saturated carbocycles. The van der Waals surface area contributed by atoms with Crippen molar-refractivity contribution in [2.75, 3.05) is 0 Å². The third-order valence-electron chi connectivity index (χ3n) is 2.44. The van der Waals surface area contributed by atoms with E-state index >= 15 is 0 Å². The second-order valence-corrected chi connectivity index (χ2v) is 5.79. The number of hydrogen-bond acceptors (Lipinski definition) is 4. The molecule has 0 aliphatic heterocycles. The molecule has 0 aliphatic rings. The Labute approximate surface area is 108 Å². The van der Waals surface area contributed by atoms with Crippen LogP contribution >= 0.6 is 23.3 Å². The van der Waals surface area contributed by atoms with E-state index < -0.39 is 0 Å². The zero-order valence-electron chi connectivity index (χ0n) is 9.25. The molecule has 2 nitrogen and oxygen atoms in total. The lowest BCUT2D eigenvalue weighted by Crippen LogP contribution is -1.76. The summed E-state index contributed by atoms with van der Waals surface area (Å²) in [6.45, 7) is 1.92. The van der Waals surface area contributed by atoms with Gasteiger partial charge >= 0.3 is 0 Å². The van der Waals surface area contributed by atoms with Crippen LogP contribution in [0.3, 0.4) is 0 Å². The molecule has 0 amide bonds. The summed E-state index contributed by atoms with van der Waals surface area (Å²) in [7, 11) is 0. The van der Waals surface area contributed by atoms with Crippen LogP contribution in [0.4, 0.5) is 0 Å². The third kappa shape index (κ3) is 2.33. The van der Waals surface area contributed by atoms with Gasteiger partial charge in [0.1, 0.15) is 5.82 Å². The van der Waals surface area contributed by atoms with Gasteiger partial charge in [-0.3, -0.25) is 0 Å². The fourth-order valence-electron chi connectivity index (χ4n) is 1.65. The molecular formula is C13H10N2S2. The van der Waals surface area contributed by atoms with E-state index in [1.807, 2.05) is 6.92 Å². The van der Waals surface area contributed by atoms with E-state index in [9.17, 15) is 0 Å². The minimum Gasteiger partial charge on any atom is -0.213 e. The predicted molar refractivity (Wildman–Crippen MR) is 72.7 cm³/mol. The highest BCUT2D eigenvalue weighted by Gasteiger charge is 2.03. The molecule has 0 unspecified atom stereocenters. The van der Waals surface area contributed by atoms with E-state index in [-0.39, 0.29) is 0 Å². The summed E-state index contributed by atoms with van der Waals surface area (Å²) < 4.78 is 5.18. The maximum Gasteiger partial charge on any atom is 0.174 e. The number of aromatic nitrogens is 2. The second-order valence-electron chi connectivity index (χ2n) is 3.72. The largest absolute Gasteiger partial charge is 0.213 e. The summed E-state index contributed by atoms with van der Waals surface area (Å²) in [6.07, 6.45) is 0. The minimum absolute atomic E-state index is 0.846. The highest BCUT2D eigenvalue weighted by atomic mass is 32.2. The van der Waals surface area contributed by atoms with Crippen molar-refractivity contribution < 1.29 is 0 Å². The monoisotopic (exact) mass is 258 g/mol. The third-order valence-corrected chi connectivity index (χ3v) is 4.27. The van der Waals surface area contributed by atoms with Crippen molar-refractivity contribution in [3.8, 4) is 0 Å². The molecule has 0 N–H and O–H groups in total. The topological polar surface area (TPSA) is 25.8 Å². The van der Waals surface area contributed by atoms with Crippen molar-refractivity contribution in [1.29, 1.82) is 0 Å². The van der Waals surface area contributed by atoms with E-state index in [0.717, 1.165) is 10.2 Å². The highest BCUT2D eigenvalue weighted by Crippen LogP contribution is 2.30. The summed E-state index contributed by atoms with van der Waals surface area (Å²) in [5, 5.41) is 2.53. The van der Waals surface area contributed by atoms with E-state index in [1.54, 1.807) is 11.8 Å². The molecule has 1 aromatic heterocycles. The Hall–Kier alpha value is -1.39. The van der Waals surface area contributed by atoms with E-state index in [0.29, 0.717) is 0 Å². The zero-order valence-corrected chi connectivity index (χ0v) is 10.9. The van der Waals surface area contributed by atoms with E-state index in [4.69, 9.17) is 0 Å². The number of aryl methyl sites for hydroxylation is 1. The molecule has 1 heterocycles. The molecule has 0 fully saturated rings. The van der Waals surface area contributed by atoms with Crippen LogP contribution in [0.5, 0.6) is 0 Å². The van der Waals surface area contributed by atoms with Crippen molar-refractivity contribution in [2.45, 2.75) is 16.2 Å². The average molecular weight is 258 g/mol. The molecule has 3 aromatic rings. The van der Waals surface area contributed by atoms with Crippen molar-refractivity contribution in [3.05, 3.63) is 48.3 Å². The SMILES string of the molecule is Cc1nsc(Sc2ccc3ccccc3c2)n1. The first-order valence-corrected chi connectivity index (χ1v) is 6.87. The molecule has 2 aromatic carbocycles. The number of benzene rings is 2. The predicted octanol–water partition coefficient (Wildman–Crippen LogP) is 4.15. The molecule has 0 saturated heterocycles. The Bertz CT molecular complexity index is 661. The van der Waals surface area contributed by atoms with Gasteiger partial charge in [0.15, 0.2) is 4.34 Å². The first-order valence-electron chi connectivity index (χ1n) is 5.28. The first kappa shape index (κ1) is 10.7. The van der Waals surface area contributed by atoms with Gasteiger partial charge in [-0.05, 0) is 41.4 Å². The number of rotatable bonds is 2. The molecule has 84 valence electrons. The Balaban J connectivity index is 1.95. The normalized spacial score (nSPS) is 10.9. The van der Waals surface area contributed by atoms with E-state index in [2.05, 4.69) is 51.8 Å². The quantitative estimate of drug-likeness (QED) is 0.690. The number of hydrogen-bond donors (Lipinski definition) is 0. The van der Waals surface area contributed by atoms with Gasteiger partial charge in [-0.2, -0.15) is 4.37 Å². The molecule has 0 bridgehead atoms. The minimum atomic E-state index is 0.846. The zero-order chi connectivity index (χ0) is 11.7. The molecular weight excluding hydrogens is 248 g/mol. The standard InChI is InChI=1S/C13H10N2S2/c1-9-14-13(17-15-9)16-12-7-6-10-4-2-3-5-11(10)8-12/h2-8H,1H3. The van der Waals surface area contributed by atoms with Gasteiger partial charge in [0, 0.05) is 4.90 Å². The van der Waals surface area contributed by atoms with Crippen LogP contribution in [0, 0.1) is 6.92 Å². The van der Waals surface area contributed by atoms with E-state index in [1.165, 1.54) is 27.2 Å². The van der Waals surface area contributed by atoms with Crippen molar-refractivity contribution in [2.24, 2.45) is 0 Å². The van der Waals surface area contributed by atoms with Crippen LogP contribution in [-0.2, 0) is 0 Å². The Kier molecular flexibility index (Phi) is 2.82. The van der Waals surface area contributed by atoms with Gasteiger partial charge in [0.25, 0.3) is 0 Å². The summed E-state index contributed by atoms with van der Waals surface area (Å²) in [4.78, 5) is 5.56. The second kappa shape index (κ2) is 4.47. The lowest BCUT2D eigenvalue weighted by atomic mass is 10.1. The van der Waals surface area contributed by atoms with Crippen LogP contribution in [0.2, 0.25) is 0 Å². The molecule has 0 radical (unpaired) electrons. The summed E-state index contributed by atoms with van der Waals surface area (Å²) in [5.41, 5.74) is 0. The van der Waals surface area contributed by atoms with Gasteiger partial charge in [-0.15, -0.1) is 0 Å². The Morgan fingerprint density at radius 3 is 2.65 bits per heavy atom.